The first-order chi connectivity index (χ1) is 5.13. The van der Waals surface area contributed by atoms with Crippen LogP contribution in [-0.2, 0) is 4.79 Å². The molecule has 0 saturated carbocycles. The molecule has 8 heteroatoms. The summed E-state index contributed by atoms with van der Waals surface area (Å²) < 4.78 is 0. The van der Waals surface area contributed by atoms with E-state index in [9.17, 15) is 10.0 Å². The van der Waals surface area contributed by atoms with Crippen LogP contribution < -0.4 is 0 Å². The number of hydroxylamine groups is 1. The third-order valence-electron chi connectivity index (χ3n) is 1.04. The highest BCUT2D eigenvalue weighted by Crippen LogP contribution is 2.17. The topological polar surface area (TPSA) is 124 Å². The standard InChI is InChI=1S/C3HN5O3/c4-1-3(2(9)10)5-6-7-8(3)11/h(H,9,10). The zero-order valence-corrected chi connectivity index (χ0v) is 5.00. The van der Waals surface area contributed by atoms with Gasteiger partial charge < -0.3 is 10.3 Å². The fourth-order valence-corrected chi connectivity index (χ4v) is 0.462. The van der Waals surface area contributed by atoms with E-state index in [2.05, 4.69) is 15.6 Å². The molecule has 0 radical (unpaired) electrons. The second-order valence-corrected chi connectivity index (χ2v) is 1.64. The Morgan fingerprint density at radius 3 is 2.64 bits per heavy atom. The van der Waals surface area contributed by atoms with E-state index in [0.717, 1.165) is 0 Å². The summed E-state index contributed by atoms with van der Waals surface area (Å²) in [4.78, 5) is 9.92. The summed E-state index contributed by atoms with van der Waals surface area (Å²) in [5.74, 6) is -1.69. The summed E-state index contributed by atoms with van der Waals surface area (Å²) >= 11 is 0. The van der Waals surface area contributed by atoms with Crippen LogP contribution in [0.25, 0.3) is 0 Å². The van der Waals surface area contributed by atoms with Gasteiger partial charge in [-0.25, -0.2) is 4.79 Å². The number of nitriles is 1. The third-order valence-corrected chi connectivity index (χ3v) is 1.04. The molecule has 0 aromatic heterocycles. The van der Waals surface area contributed by atoms with Crippen molar-refractivity contribution < 1.29 is 14.8 Å². The first-order valence-electron chi connectivity index (χ1n) is 2.38. The highest BCUT2D eigenvalue weighted by Gasteiger charge is 2.52. The monoisotopic (exact) mass is 155 g/mol. The Kier molecular flexibility index (Phi) is 1.27. The van der Waals surface area contributed by atoms with Crippen molar-refractivity contribution in [1.29, 1.82) is 5.26 Å². The normalized spacial score (nSPS) is 27.7. The summed E-state index contributed by atoms with van der Waals surface area (Å²) in [5.41, 5.74) is -2.51. The predicted molar refractivity (Wildman–Crippen MR) is 26.9 cm³/mol. The molecule has 1 heterocycles. The van der Waals surface area contributed by atoms with E-state index < -0.39 is 11.6 Å². The van der Waals surface area contributed by atoms with E-state index in [1.165, 1.54) is 6.07 Å². The van der Waals surface area contributed by atoms with Crippen molar-refractivity contribution >= 4 is 5.97 Å². The van der Waals surface area contributed by atoms with Crippen molar-refractivity contribution in [2.75, 3.05) is 0 Å². The van der Waals surface area contributed by atoms with Crippen LogP contribution in [0.3, 0.4) is 0 Å². The van der Waals surface area contributed by atoms with E-state index in [-0.39, 0.29) is 4.86 Å². The molecule has 0 aliphatic carbocycles. The molecule has 1 atom stereocenters. The highest BCUT2D eigenvalue weighted by atomic mass is 16.5. The number of aliphatic carboxylic acids is 1. The lowest BCUT2D eigenvalue weighted by molar-refractivity contribution is -0.570. The lowest BCUT2D eigenvalue weighted by atomic mass is 10.2. The lowest BCUT2D eigenvalue weighted by Gasteiger charge is -2.09. The number of carbonyl (C=O) groups is 1. The number of carboxylic acids is 1. The van der Waals surface area contributed by atoms with Gasteiger partial charge in [0.25, 0.3) is 0 Å². The minimum Gasteiger partial charge on any atom is -0.692 e. The van der Waals surface area contributed by atoms with E-state index in [0.29, 0.717) is 0 Å². The summed E-state index contributed by atoms with van der Waals surface area (Å²) in [6, 6.07) is 1.19. The largest absolute Gasteiger partial charge is 0.692 e. The maximum absolute atomic E-state index is 10.5. The van der Waals surface area contributed by atoms with Crippen molar-refractivity contribution in [3.63, 3.8) is 0 Å². The van der Waals surface area contributed by atoms with Crippen LogP contribution in [0.4, 0.5) is 0 Å². The Bertz CT molecular complexity index is 301. The van der Waals surface area contributed by atoms with E-state index in [1.807, 2.05) is 0 Å². The molecule has 1 unspecified atom stereocenters. The smallest absolute Gasteiger partial charge is 0.445 e. The van der Waals surface area contributed by atoms with Crippen molar-refractivity contribution in [1.82, 2.24) is 0 Å². The molecule has 0 aromatic carbocycles. The maximum Gasteiger partial charge on any atom is 0.445 e. The summed E-state index contributed by atoms with van der Waals surface area (Å²) in [6.45, 7) is 0. The van der Waals surface area contributed by atoms with Gasteiger partial charge in [0.2, 0.25) is 5.22 Å². The fraction of sp³-hybridized carbons (Fsp3) is 0.333. The van der Waals surface area contributed by atoms with Gasteiger partial charge in [-0.15, -0.1) is 4.86 Å². The molecule has 0 spiro atoms. The van der Waals surface area contributed by atoms with Gasteiger partial charge >= 0.3 is 11.6 Å². The Hall–Kier alpha value is -2.04. The molecule has 0 aromatic rings. The molecule has 0 amide bonds. The summed E-state index contributed by atoms with van der Waals surface area (Å²) in [5, 5.41) is 35.5. The van der Waals surface area contributed by atoms with E-state index in [4.69, 9.17) is 10.4 Å². The quantitative estimate of drug-likeness (QED) is 0.409. The summed E-state index contributed by atoms with van der Waals surface area (Å²) in [6.07, 6.45) is 0. The van der Waals surface area contributed by atoms with E-state index in [1.54, 1.807) is 0 Å². The Morgan fingerprint density at radius 1 is 1.82 bits per heavy atom. The molecule has 1 N–H and O–H groups in total. The zero-order chi connectivity index (χ0) is 8.48. The predicted octanol–water partition coefficient (Wildman–Crippen LogP) is -0.366. The van der Waals surface area contributed by atoms with Crippen molar-refractivity contribution in [2.45, 2.75) is 5.66 Å². The average molecular weight is 155 g/mol. The average Bonchev–Trinajstić information content (AvgIpc) is 2.32. The van der Waals surface area contributed by atoms with Crippen molar-refractivity contribution in [3.8, 4) is 6.07 Å². The molecule has 56 valence electrons. The second kappa shape index (κ2) is 1.98. The van der Waals surface area contributed by atoms with Crippen molar-refractivity contribution in [3.05, 3.63) is 5.21 Å². The minimum atomic E-state index is -2.51. The number of carboxylic acid groups (broad SMARTS) is 1. The van der Waals surface area contributed by atoms with Crippen LogP contribution in [0.2, 0.25) is 0 Å². The minimum absolute atomic E-state index is 0.366. The van der Waals surface area contributed by atoms with Gasteiger partial charge in [-0.2, -0.15) is 5.26 Å². The van der Waals surface area contributed by atoms with Gasteiger partial charge in [0, 0.05) is 5.11 Å². The van der Waals surface area contributed by atoms with Crippen LogP contribution in [0.5, 0.6) is 0 Å². The molecule has 1 rings (SSSR count). The lowest BCUT2D eigenvalue weighted by Crippen LogP contribution is -2.41. The third kappa shape index (κ3) is 0.710. The van der Waals surface area contributed by atoms with Crippen LogP contribution >= 0.6 is 0 Å². The highest BCUT2D eigenvalue weighted by molar-refractivity contribution is 5.80. The Morgan fingerprint density at radius 2 is 2.45 bits per heavy atom. The van der Waals surface area contributed by atoms with Gasteiger partial charge in [-0.1, -0.05) is 0 Å². The Labute approximate surface area is 59.6 Å². The molecule has 8 nitrogen and oxygen atoms in total. The second-order valence-electron chi connectivity index (χ2n) is 1.64. The number of rotatable bonds is 1. The maximum atomic E-state index is 10.5. The van der Waals surface area contributed by atoms with Crippen LogP contribution in [0.1, 0.15) is 0 Å². The van der Waals surface area contributed by atoms with Crippen LogP contribution in [-0.4, -0.2) is 21.6 Å². The van der Waals surface area contributed by atoms with Crippen molar-refractivity contribution in [2.24, 2.45) is 15.6 Å². The molecular formula is C3HN5O3. The van der Waals surface area contributed by atoms with E-state index >= 15 is 0 Å². The fourth-order valence-electron chi connectivity index (χ4n) is 0.462. The van der Waals surface area contributed by atoms with Crippen LogP contribution in [0, 0.1) is 16.5 Å². The van der Waals surface area contributed by atoms with Gasteiger partial charge in [-0.3, -0.25) is 0 Å². The SMILES string of the molecule is N#CC1(C(=O)O)N=NN=[N+]1[O-]. The molecular weight excluding hydrogens is 154 g/mol. The van der Waals surface area contributed by atoms with Gasteiger partial charge in [-0.05, 0) is 0 Å². The number of nitrogens with zero attached hydrogens (tertiary/aromatic N) is 5. The number of hydrogen-bond donors (Lipinski definition) is 1. The van der Waals surface area contributed by atoms with Gasteiger partial charge in [0.05, 0.1) is 0 Å². The van der Waals surface area contributed by atoms with Gasteiger partial charge in [0.1, 0.15) is 0 Å². The van der Waals surface area contributed by atoms with Crippen LogP contribution in [0.15, 0.2) is 15.6 Å². The zero-order valence-electron chi connectivity index (χ0n) is 5.00. The molecule has 0 fully saturated rings. The molecule has 0 saturated heterocycles. The molecule has 1 aliphatic heterocycles. The molecule has 11 heavy (non-hydrogen) atoms. The first-order valence-corrected chi connectivity index (χ1v) is 2.38. The summed E-state index contributed by atoms with van der Waals surface area (Å²) in [7, 11) is 0. The molecule has 0 bridgehead atoms. The Balaban J connectivity index is 3.17. The van der Waals surface area contributed by atoms with Gasteiger partial charge in [0.15, 0.2) is 11.3 Å². The molecule has 1 aliphatic rings. The number of hydrogen-bond acceptors (Lipinski definition) is 6. The first kappa shape index (κ1) is 7.07.